The molecule has 0 aliphatic rings. The van der Waals surface area contributed by atoms with Crippen LogP contribution in [-0.2, 0) is 0 Å². The highest BCUT2D eigenvalue weighted by atomic mass is 32.1. The van der Waals surface area contributed by atoms with Crippen LogP contribution in [0.5, 0.6) is 0 Å². The van der Waals surface area contributed by atoms with E-state index in [0.29, 0.717) is 0 Å². The lowest BCUT2D eigenvalue weighted by atomic mass is 10.1. The Morgan fingerprint density at radius 3 is 2.84 bits per heavy atom. The van der Waals surface area contributed by atoms with E-state index in [1.165, 1.54) is 25.7 Å². The molecule has 0 amide bonds. The molecule has 2 aromatic carbocycles. The standard InChI is InChI=1S/C17H10NS/c1-2-7-16-13(5-1)14-9-8-12(11-17(14)19-16)15-6-3-4-10-18-15/h1-4,6-11H. The Bertz CT molecular complexity index is 862. The molecule has 0 aliphatic heterocycles. The molecule has 0 fully saturated rings. The molecule has 0 atom stereocenters. The minimum atomic E-state index is 1.02. The van der Waals surface area contributed by atoms with Crippen LogP contribution >= 0.6 is 11.3 Å². The third kappa shape index (κ3) is 1.72. The lowest BCUT2D eigenvalue weighted by Crippen LogP contribution is -1.80. The van der Waals surface area contributed by atoms with Gasteiger partial charge in [-0.1, -0.05) is 30.3 Å². The Kier molecular flexibility index (Phi) is 2.35. The summed E-state index contributed by atoms with van der Waals surface area (Å²) in [6, 6.07) is 22.0. The molecule has 0 aliphatic carbocycles. The molecule has 0 unspecified atom stereocenters. The van der Waals surface area contributed by atoms with Crippen LogP contribution in [0.25, 0.3) is 31.4 Å². The van der Waals surface area contributed by atoms with Gasteiger partial charge in [-0.05, 0) is 30.3 Å². The Morgan fingerprint density at radius 2 is 1.95 bits per heavy atom. The SMILES string of the molecule is [c]1cccc2sc3cc(-c4ccccn4)ccc3c12. The summed E-state index contributed by atoms with van der Waals surface area (Å²) in [5.41, 5.74) is 2.19. The van der Waals surface area contributed by atoms with E-state index < -0.39 is 0 Å². The quantitative estimate of drug-likeness (QED) is 0.473. The van der Waals surface area contributed by atoms with E-state index in [4.69, 9.17) is 0 Å². The Balaban J connectivity index is 1.99. The monoisotopic (exact) mass is 260 g/mol. The first-order valence-corrected chi connectivity index (χ1v) is 6.98. The third-order valence-electron chi connectivity index (χ3n) is 3.25. The number of nitrogens with zero attached hydrogens (tertiary/aromatic N) is 1. The van der Waals surface area contributed by atoms with Gasteiger partial charge in [-0.3, -0.25) is 4.98 Å². The van der Waals surface area contributed by atoms with Crippen LogP contribution in [0.2, 0.25) is 0 Å². The summed E-state index contributed by atoms with van der Waals surface area (Å²) in [5.74, 6) is 0. The van der Waals surface area contributed by atoms with Crippen molar-refractivity contribution in [1.82, 2.24) is 4.98 Å². The van der Waals surface area contributed by atoms with Crippen LogP contribution < -0.4 is 0 Å². The Labute approximate surface area is 115 Å². The molecule has 2 heteroatoms. The summed E-state index contributed by atoms with van der Waals surface area (Å²) in [4.78, 5) is 4.41. The first-order valence-electron chi connectivity index (χ1n) is 6.16. The van der Waals surface area contributed by atoms with Crippen molar-refractivity contribution in [3.8, 4) is 11.3 Å². The summed E-state index contributed by atoms with van der Waals surface area (Å²) in [6.07, 6.45) is 1.83. The summed E-state index contributed by atoms with van der Waals surface area (Å²) in [6.45, 7) is 0. The third-order valence-corrected chi connectivity index (χ3v) is 4.37. The molecule has 0 bridgehead atoms. The number of rotatable bonds is 1. The van der Waals surface area contributed by atoms with E-state index in [1.807, 2.05) is 47.9 Å². The molecular formula is C17H10NS. The van der Waals surface area contributed by atoms with Crippen LogP contribution in [0, 0.1) is 6.07 Å². The largest absolute Gasteiger partial charge is 0.256 e. The molecule has 0 saturated heterocycles. The van der Waals surface area contributed by atoms with Crippen LogP contribution in [0.4, 0.5) is 0 Å². The molecule has 4 rings (SSSR count). The lowest BCUT2D eigenvalue weighted by Gasteiger charge is -2.00. The van der Waals surface area contributed by atoms with Crippen molar-refractivity contribution >= 4 is 31.5 Å². The summed E-state index contributed by atoms with van der Waals surface area (Å²) in [5, 5.41) is 2.50. The smallest absolute Gasteiger partial charge is 0.0702 e. The zero-order valence-electron chi connectivity index (χ0n) is 10.1. The van der Waals surface area contributed by atoms with Gasteiger partial charge in [0.25, 0.3) is 0 Å². The second-order valence-electron chi connectivity index (χ2n) is 4.44. The Morgan fingerprint density at radius 1 is 0.947 bits per heavy atom. The number of aromatic nitrogens is 1. The molecule has 2 heterocycles. The topological polar surface area (TPSA) is 12.9 Å². The van der Waals surface area contributed by atoms with Crippen molar-refractivity contribution < 1.29 is 0 Å². The van der Waals surface area contributed by atoms with E-state index in [2.05, 4.69) is 35.3 Å². The van der Waals surface area contributed by atoms with Crippen molar-refractivity contribution in [2.75, 3.05) is 0 Å². The van der Waals surface area contributed by atoms with E-state index in [0.717, 1.165) is 5.69 Å². The maximum Gasteiger partial charge on any atom is 0.0702 e. The number of pyridine rings is 1. The van der Waals surface area contributed by atoms with Crippen molar-refractivity contribution in [2.24, 2.45) is 0 Å². The van der Waals surface area contributed by atoms with Gasteiger partial charge in [-0.15, -0.1) is 11.3 Å². The number of fused-ring (bicyclic) bond motifs is 3. The molecule has 19 heavy (non-hydrogen) atoms. The van der Waals surface area contributed by atoms with Gasteiger partial charge < -0.3 is 0 Å². The normalized spacial score (nSPS) is 11.2. The van der Waals surface area contributed by atoms with Gasteiger partial charge >= 0.3 is 0 Å². The fraction of sp³-hybridized carbons (Fsp3) is 0. The number of thiophene rings is 1. The van der Waals surface area contributed by atoms with Gasteiger partial charge in [-0.25, -0.2) is 0 Å². The van der Waals surface area contributed by atoms with Crippen LogP contribution in [0.1, 0.15) is 0 Å². The fourth-order valence-electron chi connectivity index (χ4n) is 2.34. The second-order valence-corrected chi connectivity index (χ2v) is 5.52. The van der Waals surface area contributed by atoms with Crippen molar-refractivity contribution in [3.05, 3.63) is 66.9 Å². The zero-order chi connectivity index (χ0) is 12.7. The minimum absolute atomic E-state index is 1.02. The minimum Gasteiger partial charge on any atom is -0.256 e. The van der Waals surface area contributed by atoms with E-state index >= 15 is 0 Å². The second kappa shape index (κ2) is 4.18. The summed E-state index contributed by atoms with van der Waals surface area (Å²) in [7, 11) is 0. The van der Waals surface area contributed by atoms with Gasteiger partial charge in [0.05, 0.1) is 5.69 Å². The first-order chi connectivity index (χ1) is 9.42. The molecule has 0 saturated carbocycles. The lowest BCUT2D eigenvalue weighted by molar-refractivity contribution is 1.33. The maximum atomic E-state index is 4.41. The van der Waals surface area contributed by atoms with Gasteiger partial charge in [0.1, 0.15) is 0 Å². The molecule has 0 N–H and O–H groups in total. The van der Waals surface area contributed by atoms with Crippen LogP contribution in [0.15, 0.2) is 60.8 Å². The van der Waals surface area contributed by atoms with Crippen LogP contribution in [-0.4, -0.2) is 4.98 Å². The van der Waals surface area contributed by atoms with Gasteiger partial charge in [-0.2, -0.15) is 0 Å². The van der Waals surface area contributed by atoms with E-state index in [1.54, 1.807) is 0 Å². The predicted molar refractivity (Wildman–Crippen MR) is 81.4 cm³/mol. The first kappa shape index (κ1) is 10.7. The number of hydrogen-bond donors (Lipinski definition) is 0. The number of benzene rings is 2. The molecule has 4 aromatic rings. The van der Waals surface area contributed by atoms with Crippen LogP contribution in [0.3, 0.4) is 0 Å². The summed E-state index contributed by atoms with van der Waals surface area (Å²) >= 11 is 1.81. The Hall–Kier alpha value is -2.19. The highest BCUT2D eigenvalue weighted by molar-refractivity contribution is 7.25. The average molecular weight is 260 g/mol. The number of hydrogen-bond acceptors (Lipinski definition) is 2. The molecule has 1 radical (unpaired) electrons. The molecule has 0 spiro atoms. The zero-order valence-corrected chi connectivity index (χ0v) is 10.9. The molecule has 1 nitrogen and oxygen atoms in total. The van der Waals surface area contributed by atoms with Crippen molar-refractivity contribution in [3.63, 3.8) is 0 Å². The van der Waals surface area contributed by atoms with Gasteiger partial charge in [0, 0.05) is 31.9 Å². The predicted octanol–water partition coefficient (Wildman–Crippen LogP) is 4.92. The highest BCUT2D eigenvalue weighted by Crippen LogP contribution is 2.35. The average Bonchev–Trinajstić information content (AvgIpc) is 2.86. The van der Waals surface area contributed by atoms with E-state index in [9.17, 15) is 0 Å². The van der Waals surface area contributed by atoms with Crippen molar-refractivity contribution in [1.29, 1.82) is 0 Å². The van der Waals surface area contributed by atoms with Crippen molar-refractivity contribution in [2.45, 2.75) is 0 Å². The molecule has 89 valence electrons. The van der Waals surface area contributed by atoms with Gasteiger partial charge in [0.2, 0.25) is 0 Å². The van der Waals surface area contributed by atoms with Gasteiger partial charge in [0.15, 0.2) is 0 Å². The fourth-order valence-corrected chi connectivity index (χ4v) is 3.46. The summed E-state index contributed by atoms with van der Waals surface area (Å²) < 4.78 is 2.58. The maximum absolute atomic E-state index is 4.41. The molecular weight excluding hydrogens is 250 g/mol. The highest BCUT2D eigenvalue weighted by Gasteiger charge is 2.06. The molecule has 2 aromatic heterocycles. The van der Waals surface area contributed by atoms with E-state index in [-0.39, 0.29) is 0 Å².